The van der Waals surface area contributed by atoms with Gasteiger partial charge >= 0.3 is 0 Å². The molecule has 1 unspecified atom stereocenters. The smallest absolute Gasteiger partial charge is 0.133 e. The van der Waals surface area contributed by atoms with Crippen LogP contribution in [0.15, 0.2) is 12.1 Å². The van der Waals surface area contributed by atoms with Crippen molar-refractivity contribution in [2.24, 2.45) is 11.7 Å². The van der Waals surface area contributed by atoms with Crippen LogP contribution in [0, 0.1) is 17.6 Å². The minimum absolute atomic E-state index is 0.134. The molecule has 96 valence electrons. The Labute approximate surface area is 101 Å². The Morgan fingerprint density at radius 2 is 1.82 bits per heavy atom. The molecule has 0 bridgehead atoms. The number of hydrogen-bond acceptors (Lipinski definition) is 2. The highest BCUT2D eigenvalue weighted by Crippen LogP contribution is 2.23. The van der Waals surface area contributed by atoms with Crippen LogP contribution in [0.4, 0.5) is 8.78 Å². The van der Waals surface area contributed by atoms with Crippen molar-refractivity contribution in [2.75, 3.05) is 13.7 Å². The van der Waals surface area contributed by atoms with Crippen molar-refractivity contribution in [3.05, 3.63) is 29.3 Å². The second kappa shape index (κ2) is 6.55. The molecule has 0 spiro atoms. The monoisotopic (exact) mass is 243 g/mol. The number of halogens is 2. The molecule has 0 saturated heterocycles. The molecule has 0 fully saturated rings. The third kappa shape index (κ3) is 3.97. The van der Waals surface area contributed by atoms with E-state index >= 15 is 0 Å². The van der Waals surface area contributed by atoms with Crippen LogP contribution in [0.2, 0.25) is 0 Å². The zero-order valence-corrected chi connectivity index (χ0v) is 10.3. The summed E-state index contributed by atoms with van der Waals surface area (Å²) in [6, 6.07) is 2.43. The summed E-state index contributed by atoms with van der Waals surface area (Å²) < 4.78 is 32.0. The van der Waals surface area contributed by atoms with Crippen molar-refractivity contribution in [2.45, 2.75) is 26.2 Å². The number of benzene rings is 1. The zero-order chi connectivity index (χ0) is 12.8. The molecular weight excluding hydrogens is 224 g/mol. The van der Waals surface area contributed by atoms with E-state index in [0.29, 0.717) is 18.9 Å². The van der Waals surface area contributed by atoms with Crippen molar-refractivity contribution in [3.63, 3.8) is 0 Å². The second-order valence-electron chi connectivity index (χ2n) is 4.29. The molecule has 1 atom stereocenters. The minimum Gasteiger partial charge on any atom is -0.497 e. The van der Waals surface area contributed by atoms with Crippen molar-refractivity contribution >= 4 is 0 Å². The van der Waals surface area contributed by atoms with Crippen LogP contribution in [0.5, 0.6) is 5.75 Å². The third-order valence-corrected chi connectivity index (χ3v) is 2.90. The van der Waals surface area contributed by atoms with Crippen LogP contribution >= 0.6 is 0 Å². The van der Waals surface area contributed by atoms with Crippen LogP contribution in [-0.4, -0.2) is 13.7 Å². The zero-order valence-electron chi connectivity index (χ0n) is 10.3. The lowest BCUT2D eigenvalue weighted by atomic mass is 9.98. The maximum absolute atomic E-state index is 13.6. The van der Waals surface area contributed by atoms with Crippen molar-refractivity contribution in [3.8, 4) is 5.75 Å². The molecule has 0 heterocycles. The van der Waals surface area contributed by atoms with Crippen molar-refractivity contribution < 1.29 is 13.5 Å². The highest BCUT2D eigenvalue weighted by Gasteiger charge is 2.12. The fraction of sp³-hybridized carbons (Fsp3) is 0.538. The number of rotatable bonds is 6. The first-order valence-corrected chi connectivity index (χ1v) is 5.80. The van der Waals surface area contributed by atoms with Gasteiger partial charge in [0, 0.05) is 17.7 Å². The summed E-state index contributed by atoms with van der Waals surface area (Å²) in [6.45, 7) is 2.64. The van der Waals surface area contributed by atoms with E-state index in [1.54, 1.807) is 0 Å². The highest BCUT2D eigenvalue weighted by atomic mass is 19.1. The molecule has 1 rings (SSSR count). The van der Waals surface area contributed by atoms with Crippen LogP contribution < -0.4 is 10.5 Å². The molecule has 1 aromatic carbocycles. The summed E-state index contributed by atoms with van der Waals surface area (Å²) >= 11 is 0. The van der Waals surface area contributed by atoms with E-state index in [-0.39, 0.29) is 11.3 Å². The maximum Gasteiger partial charge on any atom is 0.133 e. The average molecular weight is 243 g/mol. The molecule has 0 aliphatic heterocycles. The fourth-order valence-corrected chi connectivity index (χ4v) is 1.76. The normalized spacial score (nSPS) is 12.5. The van der Waals surface area contributed by atoms with Gasteiger partial charge in [-0.1, -0.05) is 6.92 Å². The quantitative estimate of drug-likeness (QED) is 0.833. The third-order valence-electron chi connectivity index (χ3n) is 2.90. The summed E-state index contributed by atoms with van der Waals surface area (Å²) in [5.41, 5.74) is 5.57. The summed E-state index contributed by atoms with van der Waals surface area (Å²) in [4.78, 5) is 0. The van der Waals surface area contributed by atoms with Gasteiger partial charge < -0.3 is 10.5 Å². The maximum atomic E-state index is 13.6. The molecule has 2 nitrogen and oxygen atoms in total. The SMILES string of the molecule is COc1cc(F)c(CCC(C)CCN)c(F)c1. The van der Waals surface area contributed by atoms with E-state index in [2.05, 4.69) is 0 Å². The van der Waals surface area contributed by atoms with Gasteiger partial charge in [0.25, 0.3) is 0 Å². The number of ether oxygens (including phenoxy) is 1. The first-order chi connectivity index (χ1) is 8.08. The summed E-state index contributed by atoms with van der Waals surface area (Å²) in [7, 11) is 1.39. The van der Waals surface area contributed by atoms with Gasteiger partial charge in [-0.05, 0) is 31.7 Å². The molecule has 2 N–H and O–H groups in total. The van der Waals surface area contributed by atoms with Crippen LogP contribution in [0.3, 0.4) is 0 Å². The van der Waals surface area contributed by atoms with E-state index in [1.165, 1.54) is 19.2 Å². The van der Waals surface area contributed by atoms with Crippen molar-refractivity contribution in [1.82, 2.24) is 0 Å². The predicted octanol–water partition coefficient (Wildman–Crippen LogP) is 2.89. The Hall–Kier alpha value is -1.16. The molecule has 0 aliphatic rings. The van der Waals surface area contributed by atoms with Crippen LogP contribution in [0.25, 0.3) is 0 Å². The Bertz CT molecular complexity index is 345. The Kier molecular flexibility index (Phi) is 5.35. The van der Waals surface area contributed by atoms with E-state index in [4.69, 9.17) is 10.5 Å². The number of nitrogens with two attached hydrogens (primary N) is 1. The largest absolute Gasteiger partial charge is 0.497 e. The Morgan fingerprint density at radius 3 is 2.29 bits per heavy atom. The number of hydrogen-bond donors (Lipinski definition) is 1. The average Bonchev–Trinajstić information content (AvgIpc) is 2.28. The summed E-state index contributed by atoms with van der Waals surface area (Å²) in [5.74, 6) is -0.497. The molecular formula is C13H19F2NO. The van der Waals surface area contributed by atoms with Gasteiger partial charge in [0.2, 0.25) is 0 Å². The first-order valence-electron chi connectivity index (χ1n) is 5.80. The van der Waals surface area contributed by atoms with E-state index in [0.717, 1.165) is 12.8 Å². The topological polar surface area (TPSA) is 35.2 Å². The number of methoxy groups -OCH3 is 1. The van der Waals surface area contributed by atoms with Gasteiger partial charge in [0.15, 0.2) is 0 Å². The lowest BCUT2D eigenvalue weighted by Crippen LogP contribution is -2.07. The fourth-order valence-electron chi connectivity index (χ4n) is 1.76. The molecule has 0 amide bonds. The standard InChI is InChI=1S/C13H19F2NO/c1-9(5-6-16)3-4-11-12(14)7-10(17-2)8-13(11)15/h7-9H,3-6,16H2,1-2H3. The van der Waals surface area contributed by atoms with E-state index in [1.807, 2.05) is 6.92 Å². The van der Waals surface area contributed by atoms with Gasteiger partial charge in [0.05, 0.1) is 7.11 Å². The highest BCUT2D eigenvalue weighted by molar-refractivity contribution is 5.30. The molecule has 0 aromatic heterocycles. The minimum atomic E-state index is -0.540. The lowest BCUT2D eigenvalue weighted by molar-refractivity contribution is 0.403. The Morgan fingerprint density at radius 1 is 1.24 bits per heavy atom. The lowest BCUT2D eigenvalue weighted by Gasteiger charge is -2.11. The molecule has 0 saturated carbocycles. The van der Waals surface area contributed by atoms with Gasteiger partial charge in [-0.25, -0.2) is 8.78 Å². The van der Waals surface area contributed by atoms with Crippen LogP contribution in [-0.2, 0) is 6.42 Å². The van der Waals surface area contributed by atoms with E-state index in [9.17, 15) is 8.78 Å². The van der Waals surface area contributed by atoms with Crippen LogP contribution in [0.1, 0.15) is 25.3 Å². The first kappa shape index (κ1) is 13.9. The van der Waals surface area contributed by atoms with Crippen molar-refractivity contribution in [1.29, 1.82) is 0 Å². The molecule has 17 heavy (non-hydrogen) atoms. The Balaban J connectivity index is 2.71. The summed E-state index contributed by atoms with van der Waals surface area (Å²) in [5, 5.41) is 0. The van der Waals surface area contributed by atoms with Gasteiger partial charge in [0.1, 0.15) is 17.4 Å². The second-order valence-corrected chi connectivity index (χ2v) is 4.29. The predicted molar refractivity (Wildman–Crippen MR) is 64.1 cm³/mol. The van der Waals surface area contributed by atoms with E-state index < -0.39 is 11.6 Å². The van der Waals surface area contributed by atoms with Gasteiger partial charge in [-0.2, -0.15) is 0 Å². The van der Waals surface area contributed by atoms with Gasteiger partial charge in [-0.3, -0.25) is 0 Å². The van der Waals surface area contributed by atoms with Gasteiger partial charge in [-0.15, -0.1) is 0 Å². The molecule has 0 radical (unpaired) electrons. The molecule has 1 aromatic rings. The molecule has 0 aliphatic carbocycles. The summed E-state index contributed by atoms with van der Waals surface area (Å²) in [6.07, 6.45) is 2.00. The molecule has 4 heteroatoms.